The number of aromatic nitrogens is 4. The van der Waals surface area contributed by atoms with Gasteiger partial charge in [0.1, 0.15) is 5.82 Å². The van der Waals surface area contributed by atoms with Crippen LogP contribution in [0, 0.1) is 0 Å². The maximum Gasteiger partial charge on any atom is 0.364 e. The number of H-pyrrole nitrogens is 1. The number of rotatable bonds is 5. The number of fused-ring (bicyclic) bond motifs is 1. The van der Waals surface area contributed by atoms with E-state index in [1.165, 1.54) is 10.1 Å². The molecule has 0 fully saturated rings. The molecular formula is C15H17N5O. The standard InChI is InChI=1S/C15H17N5O/c1-11(7-8-12-5-3-2-4-6-12)16-13-9-10-14-17-18-15(21)20(14)19-13/h2-6,9-11H,7-8H2,1H3,(H,16,19)(H,18,21). The predicted molar refractivity (Wildman–Crippen MR) is 81.5 cm³/mol. The van der Waals surface area contributed by atoms with E-state index in [0.717, 1.165) is 12.8 Å². The molecule has 0 spiro atoms. The number of hydrogen-bond acceptors (Lipinski definition) is 4. The third-order valence-corrected chi connectivity index (χ3v) is 3.38. The van der Waals surface area contributed by atoms with E-state index >= 15 is 0 Å². The summed E-state index contributed by atoms with van der Waals surface area (Å²) in [4.78, 5) is 11.5. The van der Waals surface area contributed by atoms with Crippen molar-refractivity contribution in [1.29, 1.82) is 0 Å². The Hall–Kier alpha value is -2.63. The summed E-state index contributed by atoms with van der Waals surface area (Å²) < 4.78 is 1.26. The molecule has 0 aliphatic heterocycles. The van der Waals surface area contributed by atoms with E-state index in [0.29, 0.717) is 11.5 Å². The van der Waals surface area contributed by atoms with Gasteiger partial charge in [0.05, 0.1) is 0 Å². The SMILES string of the molecule is CC(CCc1ccccc1)Nc1ccc2n[nH]c(=O)n2n1. The Morgan fingerprint density at radius 1 is 1.24 bits per heavy atom. The van der Waals surface area contributed by atoms with E-state index in [1.807, 2.05) is 24.3 Å². The van der Waals surface area contributed by atoms with Crippen molar-refractivity contribution in [1.82, 2.24) is 19.8 Å². The average Bonchev–Trinajstić information content (AvgIpc) is 2.87. The highest BCUT2D eigenvalue weighted by molar-refractivity contribution is 5.43. The minimum Gasteiger partial charge on any atom is -0.366 e. The summed E-state index contributed by atoms with van der Waals surface area (Å²) in [5, 5.41) is 13.8. The number of nitrogens with one attached hydrogen (secondary N) is 2. The minimum absolute atomic E-state index is 0.262. The number of benzene rings is 1. The van der Waals surface area contributed by atoms with Crippen LogP contribution < -0.4 is 11.0 Å². The van der Waals surface area contributed by atoms with Crippen LogP contribution in [0.4, 0.5) is 5.82 Å². The predicted octanol–water partition coefficient (Wildman–Crippen LogP) is 1.85. The molecule has 0 bridgehead atoms. The van der Waals surface area contributed by atoms with Crippen molar-refractivity contribution in [3.63, 3.8) is 0 Å². The quantitative estimate of drug-likeness (QED) is 0.749. The molecular weight excluding hydrogens is 266 g/mol. The smallest absolute Gasteiger partial charge is 0.364 e. The highest BCUT2D eigenvalue weighted by atomic mass is 16.2. The third-order valence-electron chi connectivity index (χ3n) is 3.38. The van der Waals surface area contributed by atoms with Gasteiger partial charge in [-0.25, -0.2) is 9.89 Å². The molecule has 3 rings (SSSR count). The molecule has 2 heterocycles. The van der Waals surface area contributed by atoms with Gasteiger partial charge in [-0.3, -0.25) is 0 Å². The highest BCUT2D eigenvalue weighted by Crippen LogP contribution is 2.09. The Labute approximate surface area is 121 Å². The van der Waals surface area contributed by atoms with Gasteiger partial charge < -0.3 is 5.32 Å². The van der Waals surface area contributed by atoms with E-state index < -0.39 is 0 Å². The topological polar surface area (TPSA) is 75.1 Å². The van der Waals surface area contributed by atoms with Crippen molar-refractivity contribution in [2.45, 2.75) is 25.8 Å². The summed E-state index contributed by atoms with van der Waals surface area (Å²) in [5.41, 5.74) is 1.51. The fourth-order valence-corrected chi connectivity index (χ4v) is 2.23. The van der Waals surface area contributed by atoms with Crippen molar-refractivity contribution in [3.05, 3.63) is 58.5 Å². The lowest BCUT2D eigenvalue weighted by molar-refractivity contribution is 0.698. The van der Waals surface area contributed by atoms with Crippen LogP contribution in [0.3, 0.4) is 0 Å². The molecule has 0 aliphatic carbocycles. The van der Waals surface area contributed by atoms with Gasteiger partial charge in [-0.2, -0.15) is 9.61 Å². The number of anilines is 1. The lowest BCUT2D eigenvalue weighted by atomic mass is 10.1. The molecule has 3 aromatic rings. The lowest BCUT2D eigenvalue weighted by Gasteiger charge is -2.14. The molecule has 0 saturated carbocycles. The van der Waals surface area contributed by atoms with E-state index in [-0.39, 0.29) is 11.7 Å². The first kappa shape index (κ1) is 13.4. The highest BCUT2D eigenvalue weighted by Gasteiger charge is 2.06. The minimum atomic E-state index is -0.328. The van der Waals surface area contributed by atoms with Crippen LogP contribution in [0.2, 0.25) is 0 Å². The molecule has 0 amide bonds. The van der Waals surface area contributed by atoms with Gasteiger partial charge in [0.2, 0.25) is 0 Å². The van der Waals surface area contributed by atoms with E-state index in [2.05, 4.69) is 39.7 Å². The van der Waals surface area contributed by atoms with Crippen LogP contribution in [-0.2, 0) is 6.42 Å². The van der Waals surface area contributed by atoms with Crippen molar-refractivity contribution in [2.75, 3.05) is 5.32 Å². The van der Waals surface area contributed by atoms with E-state index in [9.17, 15) is 4.79 Å². The Bertz CT molecular complexity index is 777. The van der Waals surface area contributed by atoms with Gasteiger partial charge in [-0.15, -0.1) is 5.10 Å². The van der Waals surface area contributed by atoms with E-state index in [4.69, 9.17) is 0 Å². The van der Waals surface area contributed by atoms with Gasteiger partial charge >= 0.3 is 5.69 Å². The molecule has 0 radical (unpaired) electrons. The summed E-state index contributed by atoms with van der Waals surface area (Å²) in [6.45, 7) is 2.10. The zero-order chi connectivity index (χ0) is 14.7. The van der Waals surface area contributed by atoms with Crippen LogP contribution in [0.5, 0.6) is 0 Å². The van der Waals surface area contributed by atoms with E-state index in [1.54, 1.807) is 6.07 Å². The zero-order valence-corrected chi connectivity index (χ0v) is 11.8. The normalized spacial score (nSPS) is 12.4. The second-order valence-corrected chi connectivity index (χ2v) is 5.09. The van der Waals surface area contributed by atoms with Crippen LogP contribution >= 0.6 is 0 Å². The van der Waals surface area contributed by atoms with Crippen LogP contribution in [0.1, 0.15) is 18.9 Å². The Morgan fingerprint density at radius 3 is 2.86 bits per heavy atom. The molecule has 0 saturated heterocycles. The Kier molecular flexibility index (Phi) is 3.68. The molecule has 6 heteroatoms. The second-order valence-electron chi connectivity index (χ2n) is 5.09. The Morgan fingerprint density at radius 2 is 2.05 bits per heavy atom. The first-order valence-corrected chi connectivity index (χ1v) is 6.97. The van der Waals surface area contributed by atoms with Crippen LogP contribution in [-0.4, -0.2) is 25.9 Å². The van der Waals surface area contributed by atoms with Gasteiger partial charge in [-0.05, 0) is 37.5 Å². The molecule has 21 heavy (non-hydrogen) atoms. The number of nitrogens with zero attached hydrogens (tertiary/aromatic N) is 3. The second kappa shape index (κ2) is 5.78. The van der Waals surface area contributed by atoms with Crippen molar-refractivity contribution >= 4 is 11.5 Å². The van der Waals surface area contributed by atoms with Gasteiger partial charge in [0.25, 0.3) is 0 Å². The summed E-state index contributed by atoms with van der Waals surface area (Å²) in [5.74, 6) is 0.673. The molecule has 0 aliphatic rings. The number of aryl methyl sites for hydroxylation is 1. The molecule has 2 N–H and O–H groups in total. The molecule has 1 atom stereocenters. The first-order chi connectivity index (χ1) is 10.2. The fourth-order valence-electron chi connectivity index (χ4n) is 2.23. The zero-order valence-electron chi connectivity index (χ0n) is 11.8. The molecule has 108 valence electrons. The third kappa shape index (κ3) is 3.10. The maximum atomic E-state index is 11.5. The number of hydrogen-bond donors (Lipinski definition) is 2. The molecule has 1 aromatic carbocycles. The molecule has 2 aromatic heterocycles. The monoisotopic (exact) mass is 283 g/mol. The lowest BCUT2D eigenvalue weighted by Crippen LogP contribution is -2.19. The van der Waals surface area contributed by atoms with Gasteiger partial charge in [0.15, 0.2) is 5.65 Å². The molecule has 1 unspecified atom stereocenters. The molecule has 6 nitrogen and oxygen atoms in total. The largest absolute Gasteiger partial charge is 0.366 e. The summed E-state index contributed by atoms with van der Waals surface area (Å²) in [6, 6.07) is 14.2. The maximum absolute atomic E-state index is 11.5. The fraction of sp³-hybridized carbons (Fsp3) is 0.267. The van der Waals surface area contributed by atoms with Gasteiger partial charge in [-0.1, -0.05) is 30.3 Å². The van der Waals surface area contributed by atoms with Crippen LogP contribution in [0.15, 0.2) is 47.3 Å². The van der Waals surface area contributed by atoms with Gasteiger partial charge in [0, 0.05) is 6.04 Å². The summed E-state index contributed by atoms with van der Waals surface area (Å²) in [7, 11) is 0. The van der Waals surface area contributed by atoms with Crippen molar-refractivity contribution < 1.29 is 0 Å². The number of aromatic amines is 1. The average molecular weight is 283 g/mol. The first-order valence-electron chi connectivity index (χ1n) is 6.97. The van der Waals surface area contributed by atoms with Crippen molar-refractivity contribution in [3.8, 4) is 0 Å². The van der Waals surface area contributed by atoms with Crippen LogP contribution in [0.25, 0.3) is 5.65 Å². The summed E-state index contributed by atoms with van der Waals surface area (Å²) in [6.07, 6.45) is 1.99. The summed E-state index contributed by atoms with van der Waals surface area (Å²) >= 11 is 0. The Balaban J connectivity index is 1.64. The van der Waals surface area contributed by atoms with Crippen molar-refractivity contribution in [2.24, 2.45) is 0 Å².